The van der Waals surface area contributed by atoms with Gasteiger partial charge in [-0.15, -0.1) is 0 Å². The summed E-state index contributed by atoms with van der Waals surface area (Å²) in [7, 11) is 0. The molecular weight excluding hydrogens is 152 g/mol. The number of rotatable bonds is 1. The second kappa shape index (κ2) is 7.71. The standard InChI is InChI=1S/C7H9N.Na.H2P/c8-6-7-4-2-1-3-5-7;;/h1-5H,6,8H2;;1H2/q;+1;-1. The molecule has 0 heterocycles. The number of benzene rings is 1. The molecule has 0 aromatic heterocycles. The second-order valence-electron chi connectivity index (χ2n) is 1.69. The van der Waals surface area contributed by atoms with E-state index in [9.17, 15) is 0 Å². The molecule has 0 saturated heterocycles. The van der Waals surface area contributed by atoms with E-state index in [1.165, 1.54) is 5.56 Å². The Labute approximate surface area is 87.3 Å². The molecule has 0 bridgehead atoms. The van der Waals surface area contributed by atoms with Crippen LogP contribution in [0.2, 0.25) is 0 Å². The number of nitrogens with two attached hydrogens (primary N) is 1. The van der Waals surface area contributed by atoms with E-state index in [4.69, 9.17) is 5.73 Å². The van der Waals surface area contributed by atoms with Crippen molar-refractivity contribution < 1.29 is 29.6 Å². The van der Waals surface area contributed by atoms with E-state index in [-0.39, 0.29) is 39.5 Å². The van der Waals surface area contributed by atoms with Crippen LogP contribution in [0.1, 0.15) is 5.56 Å². The smallest absolute Gasteiger partial charge is 0.577 e. The zero-order valence-electron chi connectivity index (χ0n) is 6.25. The Morgan fingerprint density at radius 1 is 1.10 bits per heavy atom. The van der Waals surface area contributed by atoms with Crippen LogP contribution in [0, 0.1) is 0 Å². The Kier molecular flexibility index (Phi) is 10.2. The molecule has 1 rings (SSSR count). The molecule has 1 aromatic carbocycles. The Morgan fingerprint density at radius 3 is 1.90 bits per heavy atom. The fourth-order valence-electron chi connectivity index (χ4n) is 0.614. The van der Waals surface area contributed by atoms with Crippen molar-refractivity contribution in [2.45, 2.75) is 6.54 Å². The van der Waals surface area contributed by atoms with Gasteiger partial charge in [-0.1, -0.05) is 30.3 Å². The van der Waals surface area contributed by atoms with Gasteiger partial charge < -0.3 is 15.6 Å². The largest absolute Gasteiger partial charge is 1.00 e. The fourth-order valence-corrected chi connectivity index (χ4v) is 0.614. The average Bonchev–Trinajstić information content (AvgIpc) is 1.90. The van der Waals surface area contributed by atoms with Crippen molar-refractivity contribution in [2.75, 3.05) is 0 Å². The van der Waals surface area contributed by atoms with Crippen LogP contribution >= 0.6 is 9.90 Å². The molecule has 2 N–H and O–H groups in total. The third kappa shape index (κ3) is 4.43. The summed E-state index contributed by atoms with van der Waals surface area (Å²) in [5, 5.41) is 0. The van der Waals surface area contributed by atoms with Crippen molar-refractivity contribution in [2.24, 2.45) is 5.73 Å². The van der Waals surface area contributed by atoms with E-state index in [1.54, 1.807) is 0 Å². The van der Waals surface area contributed by atoms with E-state index in [1.807, 2.05) is 30.3 Å². The van der Waals surface area contributed by atoms with Gasteiger partial charge in [-0.2, -0.15) is 0 Å². The van der Waals surface area contributed by atoms with Gasteiger partial charge in [0.25, 0.3) is 0 Å². The predicted molar refractivity (Wildman–Crippen MR) is 44.0 cm³/mol. The van der Waals surface area contributed by atoms with Crippen molar-refractivity contribution in [3.63, 3.8) is 0 Å². The molecule has 0 aliphatic rings. The van der Waals surface area contributed by atoms with Crippen LogP contribution in [0.25, 0.3) is 0 Å². The Morgan fingerprint density at radius 2 is 1.60 bits per heavy atom. The van der Waals surface area contributed by atoms with E-state index < -0.39 is 0 Å². The first-order chi connectivity index (χ1) is 3.93. The number of hydrogen-bond acceptors (Lipinski definition) is 1. The summed E-state index contributed by atoms with van der Waals surface area (Å²) in [5.74, 6) is 0. The topological polar surface area (TPSA) is 26.0 Å². The average molecular weight is 163 g/mol. The molecule has 0 atom stereocenters. The first-order valence-electron chi connectivity index (χ1n) is 2.67. The van der Waals surface area contributed by atoms with Gasteiger partial charge in [0.15, 0.2) is 0 Å². The second-order valence-corrected chi connectivity index (χ2v) is 1.69. The van der Waals surface area contributed by atoms with E-state index in [2.05, 4.69) is 0 Å². The van der Waals surface area contributed by atoms with Crippen molar-refractivity contribution in [1.82, 2.24) is 0 Å². The zero-order chi connectivity index (χ0) is 5.82. The van der Waals surface area contributed by atoms with Gasteiger partial charge >= 0.3 is 29.6 Å². The maximum Gasteiger partial charge on any atom is 1.00 e. The van der Waals surface area contributed by atoms with E-state index in [0.29, 0.717) is 6.54 Å². The van der Waals surface area contributed by atoms with Crippen molar-refractivity contribution >= 4 is 9.90 Å². The van der Waals surface area contributed by atoms with Gasteiger partial charge in [0.05, 0.1) is 0 Å². The Hall–Kier alpha value is 0.610. The van der Waals surface area contributed by atoms with Gasteiger partial charge in [0.2, 0.25) is 0 Å². The Balaban J connectivity index is 0. The summed E-state index contributed by atoms with van der Waals surface area (Å²) in [5.41, 5.74) is 6.54. The van der Waals surface area contributed by atoms with E-state index >= 15 is 0 Å². The minimum absolute atomic E-state index is 0. The van der Waals surface area contributed by atoms with Crippen LogP contribution in [-0.4, -0.2) is 0 Å². The third-order valence-electron chi connectivity index (χ3n) is 1.08. The molecular formula is C7H11NNaP. The summed E-state index contributed by atoms with van der Waals surface area (Å²) in [6.45, 7) is 0.640. The van der Waals surface area contributed by atoms with Crippen LogP contribution in [0.3, 0.4) is 0 Å². The molecule has 3 heteroatoms. The fraction of sp³-hybridized carbons (Fsp3) is 0.143. The first kappa shape index (κ1) is 13.2. The normalized spacial score (nSPS) is 7.30. The molecule has 0 amide bonds. The summed E-state index contributed by atoms with van der Waals surface area (Å²) in [4.78, 5) is 0. The SMILES string of the molecule is NCc1ccccc1.[Na+].[PH2-]. The maximum absolute atomic E-state index is 5.35. The zero-order valence-corrected chi connectivity index (χ0v) is 9.40. The minimum Gasteiger partial charge on any atom is -0.577 e. The van der Waals surface area contributed by atoms with Gasteiger partial charge in [0, 0.05) is 6.54 Å². The molecule has 0 aliphatic heterocycles. The molecule has 1 aromatic rings. The van der Waals surface area contributed by atoms with Crippen LogP contribution < -0.4 is 35.3 Å². The molecule has 0 fully saturated rings. The summed E-state index contributed by atoms with van der Waals surface area (Å²) >= 11 is 0. The van der Waals surface area contributed by atoms with Crippen molar-refractivity contribution in [3.8, 4) is 0 Å². The maximum atomic E-state index is 5.35. The summed E-state index contributed by atoms with van der Waals surface area (Å²) in [6.07, 6.45) is 0. The molecule has 0 aliphatic carbocycles. The Bertz CT molecular complexity index is 155. The molecule has 0 spiro atoms. The van der Waals surface area contributed by atoms with Crippen LogP contribution in [-0.2, 0) is 6.54 Å². The van der Waals surface area contributed by atoms with Crippen molar-refractivity contribution in [1.29, 1.82) is 0 Å². The molecule has 0 saturated carbocycles. The molecule has 50 valence electrons. The summed E-state index contributed by atoms with van der Waals surface area (Å²) in [6, 6.07) is 9.99. The van der Waals surface area contributed by atoms with Gasteiger partial charge in [-0.3, -0.25) is 0 Å². The first-order valence-corrected chi connectivity index (χ1v) is 2.67. The molecule has 0 radical (unpaired) electrons. The monoisotopic (exact) mass is 163 g/mol. The minimum atomic E-state index is 0. The van der Waals surface area contributed by atoms with Crippen LogP contribution in [0.5, 0.6) is 0 Å². The third-order valence-corrected chi connectivity index (χ3v) is 1.08. The summed E-state index contributed by atoms with van der Waals surface area (Å²) < 4.78 is 0. The van der Waals surface area contributed by atoms with Crippen LogP contribution in [0.15, 0.2) is 30.3 Å². The molecule has 0 unspecified atom stereocenters. The van der Waals surface area contributed by atoms with Crippen LogP contribution in [0.4, 0.5) is 0 Å². The molecule has 10 heavy (non-hydrogen) atoms. The van der Waals surface area contributed by atoms with Gasteiger partial charge in [-0.05, 0) is 5.56 Å². The number of hydrogen-bond donors (Lipinski definition) is 1. The predicted octanol–water partition coefficient (Wildman–Crippen LogP) is -1.52. The van der Waals surface area contributed by atoms with Crippen molar-refractivity contribution in [3.05, 3.63) is 35.9 Å². The van der Waals surface area contributed by atoms with Gasteiger partial charge in [-0.25, -0.2) is 0 Å². The van der Waals surface area contributed by atoms with E-state index in [0.717, 1.165) is 0 Å². The quantitative estimate of drug-likeness (QED) is 0.394. The molecule has 1 nitrogen and oxygen atoms in total. The van der Waals surface area contributed by atoms with Gasteiger partial charge in [0.1, 0.15) is 0 Å².